The van der Waals surface area contributed by atoms with Crippen molar-refractivity contribution < 1.29 is 0 Å². The largest absolute Gasteiger partial charge is 0.310 e. The molecule has 10 rings (SSSR count). The van der Waals surface area contributed by atoms with Gasteiger partial charge in [-0.2, -0.15) is 0 Å². The summed E-state index contributed by atoms with van der Waals surface area (Å²) in [5.41, 5.74) is 13.1. The zero-order chi connectivity index (χ0) is 34.5. The fraction of sp³-hybridized carbons (Fsp3) is 0.0196. The van der Waals surface area contributed by atoms with Crippen LogP contribution in [0.1, 0.15) is 22.3 Å². The van der Waals surface area contributed by atoms with E-state index in [0.29, 0.717) is 0 Å². The summed E-state index contributed by atoms with van der Waals surface area (Å²) in [7, 11) is 0. The third kappa shape index (κ3) is 4.71. The number of hydrogen-bond acceptors (Lipinski definition) is 1. The van der Waals surface area contributed by atoms with Crippen molar-refractivity contribution in [3.63, 3.8) is 0 Å². The summed E-state index contributed by atoms with van der Waals surface area (Å²) < 4.78 is 0. The molecule has 1 aliphatic rings. The average molecular weight is 662 g/mol. The highest BCUT2D eigenvalue weighted by atomic mass is 15.1. The van der Waals surface area contributed by atoms with Crippen molar-refractivity contribution >= 4 is 38.6 Å². The van der Waals surface area contributed by atoms with E-state index in [0.717, 1.165) is 17.1 Å². The number of nitrogens with zero attached hydrogens (tertiary/aromatic N) is 1. The van der Waals surface area contributed by atoms with Gasteiger partial charge in [0.2, 0.25) is 0 Å². The first-order valence-corrected chi connectivity index (χ1v) is 18.0. The van der Waals surface area contributed by atoms with E-state index >= 15 is 0 Å². The third-order valence-corrected chi connectivity index (χ3v) is 10.9. The van der Waals surface area contributed by atoms with Crippen molar-refractivity contribution in [3.05, 3.63) is 235 Å². The molecule has 52 heavy (non-hydrogen) atoms. The lowest BCUT2D eigenvalue weighted by Gasteiger charge is -2.34. The maximum Gasteiger partial charge on any atom is 0.0713 e. The van der Waals surface area contributed by atoms with Crippen LogP contribution in [-0.4, -0.2) is 0 Å². The van der Waals surface area contributed by atoms with Crippen molar-refractivity contribution in [2.24, 2.45) is 0 Å². The number of benzene rings is 9. The van der Waals surface area contributed by atoms with Gasteiger partial charge in [-0.05, 0) is 109 Å². The van der Waals surface area contributed by atoms with E-state index in [-0.39, 0.29) is 0 Å². The van der Waals surface area contributed by atoms with Gasteiger partial charge in [0.1, 0.15) is 0 Å². The quantitative estimate of drug-likeness (QED) is 0.160. The standard InChI is InChI=1S/C51H35N/c1-4-15-40(16-5-1)51(41-17-6-2-7-18-41)49-23-13-12-22-46(49)48-35-44(32-33-50(48)51)52(42-19-8-3-9-20-42)43-30-28-36(29-31-43)39-27-26-38-25-24-37-14-10-11-21-45(37)47(38)34-39/h1-35H. The second-order valence-electron chi connectivity index (χ2n) is 13.7. The highest BCUT2D eigenvalue weighted by molar-refractivity contribution is 6.08. The van der Waals surface area contributed by atoms with Crippen molar-refractivity contribution in [2.75, 3.05) is 4.90 Å². The fourth-order valence-corrected chi connectivity index (χ4v) is 8.59. The van der Waals surface area contributed by atoms with E-state index in [1.807, 2.05) is 0 Å². The minimum atomic E-state index is -0.419. The van der Waals surface area contributed by atoms with Gasteiger partial charge in [0.05, 0.1) is 5.41 Å². The molecule has 0 aromatic heterocycles. The summed E-state index contributed by atoms with van der Waals surface area (Å²) in [6, 6.07) is 77.7. The molecule has 0 heterocycles. The molecule has 0 radical (unpaired) electrons. The van der Waals surface area contributed by atoms with Crippen molar-refractivity contribution in [1.29, 1.82) is 0 Å². The molecule has 1 heteroatoms. The Kier molecular flexibility index (Phi) is 7.11. The number of anilines is 3. The molecule has 0 aliphatic heterocycles. The smallest absolute Gasteiger partial charge is 0.0713 e. The second kappa shape index (κ2) is 12.3. The minimum absolute atomic E-state index is 0.419. The van der Waals surface area contributed by atoms with Crippen LogP contribution in [0.25, 0.3) is 43.8 Å². The monoisotopic (exact) mass is 661 g/mol. The van der Waals surface area contributed by atoms with E-state index in [1.54, 1.807) is 0 Å². The van der Waals surface area contributed by atoms with Crippen LogP contribution in [-0.2, 0) is 5.41 Å². The van der Waals surface area contributed by atoms with Gasteiger partial charge in [0, 0.05) is 17.1 Å². The molecule has 1 aliphatic carbocycles. The number of fused-ring (bicyclic) bond motifs is 6. The first kappa shape index (κ1) is 30.2. The normalized spacial score (nSPS) is 12.8. The van der Waals surface area contributed by atoms with E-state index in [1.165, 1.54) is 66.1 Å². The summed E-state index contributed by atoms with van der Waals surface area (Å²) in [4.78, 5) is 2.38. The van der Waals surface area contributed by atoms with Gasteiger partial charge in [-0.25, -0.2) is 0 Å². The first-order chi connectivity index (χ1) is 25.8. The Hall–Kier alpha value is -6.70. The fourth-order valence-electron chi connectivity index (χ4n) is 8.59. The Morgan fingerprint density at radius 3 is 1.56 bits per heavy atom. The zero-order valence-corrected chi connectivity index (χ0v) is 28.7. The number of rotatable bonds is 6. The van der Waals surface area contributed by atoms with Crippen LogP contribution in [0.3, 0.4) is 0 Å². The van der Waals surface area contributed by atoms with E-state index in [2.05, 4.69) is 217 Å². The van der Waals surface area contributed by atoms with Crippen LogP contribution in [0.2, 0.25) is 0 Å². The van der Waals surface area contributed by atoms with Crippen molar-refractivity contribution in [1.82, 2.24) is 0 Å². The second-order valence-corrected chi connectivity index (χ2v) is 13.7. The van der Waals surface area contributed by atoms with Crippen LogP contribution in [0.5, 0.6) is 0 Å². The molecule has 0 fully saturated rings. The average Bonchev–Trinajstić information content (AvgIpc) is 3.52. The number of para-hydroxylation sites is 1. The Bertz CT molecular complexity index is 2670. The lowest BCUT2D eigenvalue weighted by molar-refractivity contribution is 0.768. The highest BCUT2D eigenvalue weighted by Crippen LogP contribution is 2.57. The molecule has 9 aromatic rings. The first-order valence-electron chi connectivity index (χ1n) is 18.0. The maximum absolute atomic E-state index is 2.40. The molecule has 0 unspecified atom stereocenters. The lowest BCUT2D eigenvalue weighted by atomic mass is 9.68. The molecule has 0 saturated carbocycles. The molecule has 0 N–H and O–H groups in total. The number of hydrogen-bond donors (Lipinski definition) is 0. The van der Waals surface area contributed by atoms with Gasteiger partial charge in [-0.15, -0.1) is 0 Å². The van der Waals surface area contributed by atoms with E-state index in [9.17, 15) is 0 Å². The van der Waals surface area contributed by atoms with Crippen LogP contribution in [0.4, 0.5) is 17.1 Å². The molecule has 0 saturated heterocycles. The van der Waals surface area contributed by atoms with Crippen LogP contribution >= 0.6 is 0 Å². The summed E-state index contributed by atoms with van der Waals surface area (Å²) in [6.07, 6.45) is 0. The Morgan fingerprint density at radius 1 is 0.308 bits per heavy atom. The van der Waals surface area contributed by atoms with Crippen LogP contribution < -0.4 is 4.90 Å². The topological polar surface area (TPSA) is 3.24 Å². The highest BCUT2D eigenvalue weighted by Gasteiger charge is 2.46. The Balaban J connectivity index is 1.12. The summed E-state index contributed by atoms with van der Waals surface area (Å²) in [5.74, 6) is 0. The minimum Gasteiger partial charge on any atom is -0.310 e. The van der Waals surface area contributed by atoms with E-state index in [4.69, 9.17) is 0 Å². The van der Waals surface area contributed by atoms with Crippen molar-refractivity contribution in [3.8, 4) is 22.3 Å². The molecular formula is C51H35N. The Morgan fingerprint density at radius 2 is 0.827 bits per heavy atom. The molecule has 0 spiro atoms. The van der Waals surface area contributed by atoms with Gasteiger partial charge in [0.15, 0.2) is 0 Å². The van der Waals surface area contributed by atoms with Gasteiger partial charge < -0.3 is 4.90 Å². The molecule has 0 atom stereocenters. The van der Waals surface area contributed by atoms with Crippen molar-refractivity contribution in [2.45, 2.75) is 5.41 Å². The Labute approximate surface area is 304 Å². The zero-order valence-electron chi connectivity index (χ0n) is 28.7. The van der Waals surface area contributed by atoms with Gasteiger partial charge in [0.25, 0.3) is 0 Å². The molecule has 244 valence electrons. The van der Waals surface area contributed by atoms with Crippen LogP contribution in [0.15, 0.2) is 212 Å². The van der Waals surface area contributed by atoms with Gasteiger partial charge >= 0.3 is 0 Å². The summed E-state index contributed by atoms with van der Waals surface area (Å²) in [6.45, 7) is 0. The molecule has 0 amide bonds. The summed E-state index contributed by atoms with van der Waals surface area (Å²) in [5, 5.41) is 5.10. The SMILES string of the molecule is c1ccc(N(c2ccc(-c3ccc4ccc5ccccc5c4c3)cc2)c2ccc3c(c2)-c2ccccc2C3(c2ccccc2)c2ccccc2)cc1. The lowest BCUT2D eigenvalue weighted by Crippen LogP contribution is -2.28. The molecular weight excluding hydrogens is 627 g/mol. The summed E-state index contributed by atoms with van der Waals surface area (Å²) >= 11 is 0. The molecule has 0 bridgehead atoms. The van der Waals surface area contributed by atoms with Gasteiger partial charge in [-0.1, -0.05) is 170 Å². The third-order valence-electron chi connectivity index (χ3n) is 10.9. The van der Waals surface area contributed by atoms with E-state index < -0.39 is 5.41 Å². The predicted octanol–water partition coefficient (Wildman–Crippen LogP) is 13.5. The van der Waals surface area contributed by atoms with Gasteiger partial charge in [-0.3, -0.25) is 0 Å². The predicted molar refractivity (Wildman–Crippen MR) is 219 cm³/mol. The molecule has 9 aromatic carbocycles. The maximum atomic E-state index is 2.40. The molecule has 1 nitrogen and oxygen atoms in total. The van der Waals surface area contributed by atoms with Crippen LogP contribution in [0, 0.1) is 0 Å².